The molecule has 13 heavy (non-hydrogen) atoms. The molecule has 0 aromatic carbocycles. The van der Waals surface area contributed by atoms with Gasteiger partial charge < -0.3 is 4.90 Å². The highest BCUT2D eigenvalue weighted by atomic mass is 16.2. The predicted octanol–water partition coefficient (Wildman–Crippen LogP) is 1.66. The lowest BCUT2D eigenvalue weighted by atomic mass is 10.2. The molecule has 1 rings (SSSR count). The van der Waals surface area contributed by atoms with Crippen molar-refractivity contribution < 1.29 is 4.79 Å². The Kier molecular flexibility index (Phi) is 3.82. The first-order chi connectivity index (χ1) is 6.27. The van der Waals surface area contributed by atoms with Crippen LogP contribution < -0.4 is 0 Å². The first kappa shape index (κ1) is 10.1. The smallest absolute Gasteiger partial charge is 0.223 e. The maximum atomic E-state index is 11.6. The van der Waals surface area contributed by atoms with Crippen LogP contribution in [0.5, 0.6) is 0 Å². The fourth-order valence-corrected chi connectivity index (χ4v) is 1.37. The van der Waals surface area contributed by atoms with Crippen molar-refractivity contribution >= 4 is 5.91 Å². The molecule has 0 N–H and O–H groups in total. The minimum Gasteiger partial charge on any atom is -0.332 e. The molecule has 0 saturated heterocycles. The number of carbonyl (C=O) groups is 1. The molecule has 1 aliphatic carbocycles. The second-order valence-electron chi connectivity index (χ2n) is 3.67. The van der Waals surface area contributed by atoms with Gasteiger partial charge in [0.1, 0.15) is 0 Å². The summed E-state index contributed by atoms with van der Waals surface area (Å²) in [4.78, 5) is 13.4. The summed E-state index contributed by atoms with van der Waals surface area (Å²) in [6.07, 6.45) is 9.34. The highest BCUT2D eigenvalue weighted by Gasteiger charge is 2.26. The third-order valence-corrected chi connectivity index (χ3v) is 2.29. The van der Waals surface area contributed by atoms with Gasteiger partial charge in [0.2, 0.25) is 5.91 Å². The summed E-state index contributed by atoms with van der Waals surface area (Å²) < 4.78 is 0. The molecule has 0 aliphatic heterocycles. The van der Waals surface area contributed by atoms with Gasteiger partial charge in [-0.3, -0.25) is 4.79 Å². The summed E-state index contributed by atoms with van der Waals surface area (Å²) in [6.45, 7) is 3.34. The van der Waals surface area contributed by atoms with E-state index in [-0.39, 0.29) is 5.91 Å². The normalized spacial score (nSPS) is 15.1. The number of terminal acetylenes is 1. The topological polar surface area (TPSA) is 20.3 Å². The van der Waals surface area contributed by atoms with Crippen LogP contribution in [0.1, 0.15) is 32.6 Å². The van der Waals surface area contributed by atoms with Gasteiger partial charge in [-0.2, -0.15) is 0 Å². The van der Waals surface area contributed by atoms with Gasteiger partial charge in [0.05, 0.1) is 6.54 Å². The lowest BCUT2D eigenvalue weighted by Gasteiger charge is -2.19. The Hall–Kier alpha value is -0.970. The van der Waals surface area contributed by atoms with Crippen molar-refractivity contribution in [3.63, 3.8) is 0 Å². The van der Waals surface area contributed by atoms with Crippen LogP contribution in [0, 0.1) is 18.3 Å². The summed E-state index contributed by atoms with van der Waals surface area (Å²) in [5.74, 6) is 3.43. The van der Waals surface area contributed by atoms with Crippen LogP contribution in [-0.2, 0) is 4.79 Å². The van der Waals surface area contributed by atoms with Crippen LogP contribution in [0.4, 0.5) is 0 Å². The van der Waals surface area contributed by atoms with E-state index < -0.39 is 0 Å². The second kappa shape index (κ2) is 4.91. The van der Waals surface area contributed by atoms with E-state index in [2.05, 4.69) is 12.8 Å². The zero-order chi connectivity index (χ0) is 9.68. The number of hydrogen-bond acceptors (Lipinski definition) is 1. The SMILES string of the molecule is C#CCN(CCC)C(=O)CC1CC1. The summed E-state index contributed by atoms with van der Waals surface area (Å²) >= 11 is 0. The number of nitrogens with zero attached hydrogens (tertiary/aromatic N) is 1. The summed E-state index contributed by atoms with van der Waals surface area (Å²) in [5.41, 5.74) is 0. The molecular weight excluding hydrogens is 162 g/mol. The third-order valence-electron chi connectivity index (χ3n) is 2.29. The molecule has 0 bridgehead atoms. The fraction of sp³-hybridized carbons (Fsp3) is 0.727. The number of rotatable bonds is 5. The molecule has 1 amide bonds. The van der Waals surface area contributed by atoms with Gasteiger partial charge in [-0.1, -0.05) is 12.8 Å². The van der Waals surface area contributed by atoms with E-state index in [4.69, 9.17) is 6.42 Å². The van der Waals surface area contributed by atoms with Crippen LogP contribution in [0.25, 0.3) is 0 Å². The highest BCUT2D eigenvalue weighted by molar-refractivity contribution is 5.77. The summed E-state index contributed by atoms with van der Waals surface area (Å²) in [6, 6.07) is 0. The van der Waals surface area contributed by atoms with Gasteiger partial charge in [0.15, 0.2) is 0 Å². The first-order valence-corrected chi connectivity index (χ1v) is 4.99. The Labute approximate surface area is 80.3 Å². The van der Waals surface area contributed by atoms with Gasteiger partial charge in [-0.25, -0.2) is 0 Å². The van der Waals surface area contributed by atoms with Crippen molar-refractivity contribution in [2.45, 2.75) is 32.6 Å². The van der Waals surface area contributed by atoms with E-state index in [0.717, 1.165) is 13.0 Å². The van der Waals surface area contributed by atoms with E-state index in [1.54, 1.807) is 4.90 Å². The molecule has 2 heteroatoms. The minimum absolute atomic E-state index is 0.238. The zero-order valence-electron chi connectivity index (χ0n) is 8.25. The third kappa shape index (κ3) is 3.50. The lowest BCUT2D eigenvalue weighted by Crippen LogP contribution is -2.32. The second-order valence-corrected chi connectivity index (χ2v) is 3.67. The number of amides is 1. The Bertz CT molecular complexity index is 213. The number of hydrogen-bond donors (Lipinski definition) is 0. The minimum atomic E-state index is 0.238. The standard InChI is InChI=1S/C11H17NO/c1-3-7-12(8-4-2)11(13)9-10-5-6-10/h1,10H,4-9H2,2H3. The molecule has 2 nitrogen and oxygen atoms in total. The molecule has 0 spiro atoms. The van der Waals surface area contributed by atoms with Crippen molar-refractivity contribution in [3.05, 3.63) is 0 Å². The molecule has 0 heterocycles. The summed E-state index contributed by atoms with van der Waals surface area (Å²) in [7, 11) is 0. The van der Waals surface area contributed by atoms with Crippen molar-refractivity contribution in [2.24, 2.45) is 5.92 Å². The van der Waals surface area contributed by atoms with E-state index in [1.165, 1.54) is 12.8 Å². The van der Waals surface area contributed by atoms with E-state index in [1.807, 2.05) is 0 Å². The van der Waals surface area contributed by atoms with E-state index >= 15 is 0 Å². The molecule has 0 unspecified atom stereocenters. The highest BCUT2D eigenvalue weighted by Crippen LogP contribution is 2.32. The zero-order valence-corrected chi connectivity index (χ0v) is 8.25. The van der Waals surface area contributed by atoms with Crippen LogP contribution in [-0.4, -0.2) is 23.9 Å². The Balaban J connectivity index is 2.32. The van der Waals surface area contributed by atoms with Crippen LogP contribution >= 0.6 is 0 Å². The monoisotopic (exact) mass is 179 g/mol. The van der Waals surface area contributed by atoms with Gasteiger partial charge >= 0.3 is 0 Å². The molecule has 1 saturated carbocycles. The van der Waals surface area contributed by atoms with Gasteiger partial charge in [-0.05, 0) is 25.2 Å². The molecule has 0 radical (unpaired) electrons. The summed E-state index contributed by atoms with van der Waals surface area (Å²) in [5, 5.41) is 0. The maximum Gasteiger partial charge on any atom is 0.223 e. The molecule has 1 aliphatic rings. The average Bonchev–Trinajstić information content (AvgIpc) is 2.88. The van der Waals surface area contributed by atoms with Crippen LogP contribution in [0.15, 0.2) is 0 Å². The van der Waals surface area contributed by atoms with Gasteiger partial charge in [0, 0.05) is 13.0 Å². The number of carbonyl (C=O) groups excluding carboxylic acids is 1. The quantitative estimate of drug-likeness (QED) is 0.588. The predicted molar refractivity (Wildman–Crippen MR) is 53.0 cm³/mol. The molecule has 0 atom stereocenters. The Morgan fingerprint density at radius 1 is 1.62 bits per heavy atom. The fourth-order valence-electron chi connectivity index (χ4n) is 1.37. The Morgan fingerprint density at radius 3 is 2.77 bits per heavy atom. The van der Waals surface area contributed by atoms with Crippen molar-refractivity contribution in [2.75, 3.05) is 13.1 Å². The Morgan fingerprint density at radius 2 is 2.31 bits per heavy atom. The molecule has 0 aromatic heterocycles. The van der Waals surface area contributed by atoms with E-state index in [0.29, 0.717) is 18.9 Å². The lowest BCUT2D eigenvalue weighted by molar-refractivity contribution is -0.131. The van der Waals surface area contributed by atoms with Crippen LogP contribution in [0.3, 0.4) is 0 Å². The largest absolute Gasteiger partial charge is 0.332 e. The van der Waals surface area contributed by atoms with Crippen molar-refractivity contribution in [3.8, 4) is 12.3 Å². The molecule has 0 aromatic rings. The van der Waals surface area contributed by atoms with E-state index in [9.17, 15) is 4.79 Å². The molecule has 72 valence electrons. The van der Waals surface area contributed by atoms with Gasteiger partial charge in [-0.15, -0.1) is 6.42 Å². The van der Waals surface area contributed by atoms with Gasteiger partial charge in [0.25, 0.3) is 0 Å². The average molecular weight is 179 g/mol. The van der Waals surface area contributed by atoms with Crippen molar-refractivity contribution in [1.29, 1.82) is 0 Å². The maximum absolute atomic E-state index is 11.6. The van der Waals surface area contributed by atoms with Crippen LogP contribution in [0.2, 0.25) is 0 Å². The van der Waals surface area contributed by atoms with Crippen molar-refractivity contribution in [1.82, 2.24) is 4.90 Å². The molecule has 1 fully saturated rings. The first-order valence-electron chi connectivity index (χ1n) is 4.99. The molecular formula is C11H17NO.